The lowest BCUT2D eigenvalue weighted by Gasteiger charge is -2.24. The summed E-state index contributed by atoms with van der Waals surface area (Å²) >= 11 is 0. The van der Waals surface area contributed by atoms with Crippen LogP contribution >= 0.6 is 0 Å². The Morgan fingerprint density at radius 2 is 1.90 bits per heavy atom. The Bertz CT molecular complexity index is 471. The average Bonchev–Trinajstić information content (AvgIpc) is 2.47. The molecule has 0 aliphatic carbocycles. The van der Waals surface area contributed by atoms with E-state index in [1.165, 1.54) is 0 Å². The van der Waals surface area contributed by atoms with Gasteiger partial charge < -0.3 is 15.3 Å². The molecular weight excluding hydrogens is 268 g/mol. The van der Waals surface area contributed by atoms with Crippen molar-refractivity contribution in [2.75, 3.05) is 13.6 Å². The molecule has 0 spiro atoms. The normalized spacial score (nSPS) is 11.8. The maximum absolute atomic E-state index is 11.9. The van der Waals surface area contributed by atoms with Crippen molar-refractivity contribution in [2.24, 2.45) is 0 Å². The quantitative estimate of drug-likeness (QED) is 0.812. The monoisotopic (exact) mass is 292 g/mol. The molecule has 0 aromatic heterocycles. The van der Waals surface area contributed by atoms with E-state index < -0.39 is 5.97 Å². The fourth-order valence-electron chi connectivity index (χ4n) is 2.06. The summed E-state index contributed by atoms with van der Waals surface area (Å²) in [5.74, 6) is -0.929. The van der Waals surface area contributed by atoms with Crippen molar-refractivity contribution in [1.82, 2.24) is 10.2 Å². The molecule has 0 aliphatic heterocycles. The van der Waals surface area contributed by atoms with Crippen LogP contribution in [0.15, 0.2) is 24.3 Å². The van der Waals surface area contributed by atoms with E-state index in [9.17, 15) is 9.59 Å². The smallest absolute Gasteiger partial charge is 0.335 e. The van der Waals surface area contributed by atoms with Gasteiger partial charge in [0.1, 0.15) is 0 Å². The largest absolute Gasteiger partial charge is 0.478 e. The zero-order valence-corrected chi connectivity index (χ0v) is 12.9. The molecule has 21 heavy (non-hydrogen) atoms. The fraction of sp³-hybridized carbons (Fsp3) is 0.500. The Hall–Kier alpha value is -2.04. The minimum absolute atomic E-state index is 0.0712. The lowest BCUT2D eigenvalue weighted by molar-refractivity contribution is 0.0697. The maximum atomic E-state index is 11.9. The van der Waals surface area contributed by atoms with Crippen molar-refractivity contribution >= 4 is 12.0 Å². The highest BCUT2D eigenvalue weighted by Crippen LogP contribution is 2.06. The predicted molar refractivity (Wildman–Crippen MR) is 82.6 cm³/mol. The van der Waals surface area contributed by atoms with Gasteiger partial charge in [-0.2, -0.15) is 0 Å². The van der Waals surface area contributed by atoms with Crippen molar-refractivity contribution in [2.45, 2.75) is 39.2 Å². The molecule has 0 saturated heterocycles. The minimum Gasteiger partial charge on any atom is -0.478 e. The third-order valence-corrected chi connectivity index (χ3v) is 3.58. The molecule has 0 radical (unpaired) electrons. The number of benzene rings is 1. The number of carbonyl (C=O) groups excluding carboxylic acids is 1. The Morgan fingerprint density at radius 1 is 1.29 bits per heavy atom. The van der Waals surface area contributed by atoms with Crippen LogP contribution in [-0.2, 0) is 6.42 Å². The van der Waals surface area contributed by atoms with Crippen LogP contribution in [0.2, 0.25) is 0 Å². The molecule has 5 heteroatoms. The van der Waals surface area contributed by atoms with Gasteiger partial charge in [0.25, 0.3) is 0 Å². The molecule has 0 fully saturated rings. The molecule has 1 aromatic carbocycles. The van der Waals surface area contributed by atoms with Crippen molar-refractivity contribution in [1.29, 1.82) is 0 Å². The Labute approximate surface area is 126 Å². The first-order valence-electron chi connectivity index (χ1n) is 7.28. The third-order valence-electron chi connectivity index (χ3n) is 3.58. The highest BCUT2D eigenvalue weighted by atomic mass is 16.4. The fourth-order valence-corrected chi connectivity index (χ4v) is 2.06. The van der Waals surface area contributed by atoms with E-state index in [1.54, 1.807) is 36.2 Å². The lowest BCUT2D eigenvalue weighted by atomic mass is 10.1. The summed E-state index contributed by atoms with van der Waals surface area (Å²) in [5.41, 5.74) is 1.28. The molecule has 1 atom stereocenters. The van der Waals surface area contributed by atoms with E-state index >= 15 is 0 Å². The topological polar surface area (TPSA) is 69.6 Å². The molecule has 1 rings (SSSR count). The number of aromatic carboxylic acids is 1. The number of carboxylic acids is 1. The molecule has 1 unspecified atom stereocenters. The Morgan fingerprint density at radius 3 is 2.43 bits per heavy atom. The molecular formula is C16H24N2O3. The van der Waals surface area contributed by atoms with Gasteiger partial charge in [-0.3, -0.25) is 0 Å². The molecule has 116 valence electrons. The van der Waals surface area contributed by atoms with Gasteiger partial charge in [-0.05, 0) is 37.5 Å². The molecule has 1 aromatic rings. The number of carboxylic acid groups (broad SMARTS) is 1. The van der Waals surface area contributed by atoms with Crippen LogP contribution in [0.5, 0.6) is 0 Å². The molecule has 5 nitrogen and oxygen atoms in total. The predicted octanol–water partition coefficient (Wildman–Crippen LogP) is 2.76. The minimum atomic E-state index is -0.929. The van der Waals surface area contributed by atoms with Crippen molar-refractivity contribution in [3.63, 3.8) is 0 Å². The van der Waals surface area contributed by atoms with Gasteiger partial charge in [-0.25, -0.2) is 9.59 Å². The highest BCUT2D eigenvalue weighted by Gasteiger charge is 2.13. The standard InChI is InChI=1S/C16H24N2O3/c1-4-5-12(2)18(3)16(21)17-11-10-13-6-8-14(9-7-13)15(19)20/h6-9,12H,4-5,10-11H2,1-3H3,(H,17,21)(H,19,20). The van der Waals surface area contributed by atoms with Crippen molar-refractivity contribution in [3.8, 4) is 0 Å². The Kier molecular flexibility index (Phi) is 6.72. The van der Waals surface area contributed by atoms with E-state index in [0.29, 0.717) is 13.0 Å². The molecule has 0 heterocycles. The molecule has 0 bridgehead atoms. The van der Waals surface area contributed by atoms with Crippen molar-refractivity contribution in [3.05, 3.63) is 35.4 Å². The summed E-state index contributed by atoms with van der Waals surface area (Å²) in [6.45, 7) is 4.67. The summed E-state index contributed by atoms with van der Waals surface area (Å²) < 4.78 is 0. The molecule has 0 aliphatic rings. The van der Waals surface area contributed by atoms with Gasteiger partial charge in [-0.15, -0.1) is 0 Å². The SMILES string of the molecule is CCCC(C)N(C)C(=O)NCCc1ccc(C(=O)O)cc1. The van der Waals surface area contributed by atoms with Gasteiger partial charge in [0.2, 0.25) is 0 Å². The number of amides is 2. The van der Waals surface area contributed by atoms with Crippen molar-refractivity contribution < 1.29 is 14.7 Å². The summed E-state index contributed by atoms with van der Waals surface area (Å²) in [6.07, 6.45) is 2.72. The van der Waals surface area contributed by atoms with Crippen LogP contribution in [0.25, 0.3) is 0 Å². The van der Waals surface area contributed by atoms with Crippen LogP contribution in [0.3, 0.4) is 0 Å². The van der Waals surface area contributed by atoms with Gasteiger partial charge in [-0.1, -0.05) is 25.5 Å². The first-order chi connectivity index (χ1) is 9.95. The maximum Gasteiger partial charge on any atom is 0.335 e. The van der Waals surface area contributed by atoms with Gasteiger partial charge >= 0.3 is 12.0 Å². The van der Waals surface area contributed by atoms with Crippen LogP contribution in [-0.4, -0.2) is 41.6 Å². The zero-order valence-electron chi connectivity index (χ0n) is 12.9. The number of carbonyl (C=O) groups is 2. The number of urea groups is 1. The van der Waals surface area contributed by atoms with E-state index in [-0.39, 0.29) is 17.6 Å². The van der Waals surface area contributed by atoms with E-state index in [2.05, 4.69) is 12.2 Å². The Balaban J connectivity index is 2.39. The summed E-state index contributed by atoms with van der Waals surface area (Å²) in [4.78, 5) is 24.4. The number of hydrogen-bond acceptors (Lipinski definition) is 2. The number of rotatable bonds is 7. The summed E-state index contributed by atoms with van der Waals surface area (Å²) in [5, 5.41) is 11.7. The van der Waals surface area contributed by atoms with E-state index in [1.807, 2.05) is 6.92 Å². The van der Waals surface area contributed by atoms with Crippen LogP contribution < -0.4 is 5.32 Å². The molecule has 2 N–H and O–H groups in total. The average molecular weight is 292 g/mol. The van der Waals surface area contributed by atoms with Gasteiger partial charge in [0, 0.05) is 19.6 Å². The second-order valence-corrected chi connectivity index (χ2v) is 5.23. The van der Waals surface area contributed by atoms with E-state index in [4.69, 9.17) is 5.11 Å². The van der Waals surface area contributed by atoms with E-state index in [0.717, 1.165) is 18.4 Å². The van der Waals surface area contributed by atoms with Gasteiger partial charge in [0.15, 0.2) is 0 Å². The highest BCUT2D eigenvalue weighted by molar-refractivity contribution is 5.87. The van der Waals surface area contributed by atoms with Crippen LogP contribution in [0, 0.1) is 0 Å². The zero-order chi connectivity index (χ0) is 15.8. The molecule has 0 saturated carbocycles. The first-order valence-corrected chi connectivity index (χ1v) is 7.28. The third kappa shape index (κ3) is 5.45. The summed E-state index contributed by atoms with van der Waals surface area (Å²) in [6, 6.07) is 6.87. The van der Waals surface area contributed by atoms with Gasteiger partial charge in [0.05, 0.1) is 5.56 Å². The number of nitrogens with one attached hydrogen (secondary N) is 1. The second-order valence-electron chi connectivity index (χ2n) is 5.23. The lowest BCUT2D eigenvalue weighted by Crippen LogP contribution is -2.42. The molecule has 2 amide bonds. The van der Waals surface area contributed by atoms with Crippen LogP contribution in [0.4, 0.5) is 4.79 Å². The second kappa shape index (κ2) is 8.29. The first kappa shape index (κ1) is 17.0. The number of nitrogens with zero attached hydrogens (tertiary/aromatic N) is 1. The summed E-state index contributed by atoms with van der Waals surface area (Å²) in [7, 11) is 1.80. The van der Waals surface area contributed by atoms with Crippen LogP contribution in [0.1, 0.15) is 42.6 Å². The number of hydrogen-bond donors (Lipinski definition) is 2.